The van der Waals surface area contributed by atoms with Crippen molar-refractivity contribution in [2.75, 3.05) is 6.54 Å². The fraction of sp³-hybridized carbons (Fsp3) is 0.111. The molecule has 1 aromatic heterocycles. The molecule has 0 spiro atoms. The number of carbonyl (C=O) groups excluding carboxylic acids is 1. The summed E-state index contributed by atoms with van der Waals surface area (Å²) in [5.41, 5.74) is 8.83. The number of aromatic amines is 1. The first-order chi connectivity index (χ1) is 11.7. The van der Waals surface area contributed by atoms with Crippen LogP contribution in [0.2, 0.25) is 5.02 Å². The number of rotatable bonds is 5. The number of benzene rings is 2. The standard InChI is InChI=1S/C18H17ClN4O/c19-15-9-5-4-8-13(15)17-14(10-22-23-17)18(24)21-11-16(20)12-6-2-1-3-7-12/h1-10,16H,11,20H2,(H,21,24)(H,22,23)/t16-/m1/s1. The van der Waals surface area contributed by atoms with Crippen LogP contribution in [-0.2, 0) is 0 Å². The summed E-state index contributed by atoms with van der Waals surface area (Å²) in [4.78, 5) is 12.5. The van der Waals surface area contributed by atoms with Gasteiger partial charge >= 0.3 is 0 Å². The zero-order valence-corrected chi connectivity index (χ0v) is 13.6. The third kappa shape index (κ3) is 3.48. The Hall–Kier alpha value is -2.63. The smallest absolute Gasteiger partial charge is 0.255 e. The molecule has 24 heavy (non-hydrogen) atoms. The first kappa shape index (κ1) is 16.2. The van der Waals surface area contributed by atoms with Gasteiger partial charge in [-0.15, -0.1) is 0 Å². The molecule has 0 aliphatic rings. The summed E-state index contributed by atoms with van der Waals surface area (Å²) >= 11 is 6.20. The molecule has 0 unspecified atom stereocenters. The van der Waals surface area contributed by atoms with Crippen molar-refractivity contribution >= 4 is 17.5 Å². The molecule has 1 heterocycles. The van der Waals surface area contributed by atoms with Crippen molar-refractivity contribution in [3.05, 3.63) is 76.9 Å². The molecule has 5 nitrogen and oxygen atoms in total. The molecule has 2 aromatic carbocycles. The van der Waals surface area contributed by atoms with E-state index in [0.29, 0.717) is 22.8 Å². The highest BCUT2D eigenvalue weighted by molar-refractivity contribution is 6.33. The number of aromatic nitrogens is 2. The number of nitrogens with two attached hydrogens (primary N) is 1. The van der Waals surface area contributed by atoms with E-state index in [1.165, 1.54) is 6.20 Å². The average molecular weight is 341 g/mol. The second-order valence-electron chi connectivity index (χ2n) is 5.37. The molecule has 122 valence electrons. The molecule has 0 aliphatic heterocycles. The number of hydrogen-bond acceptors (Lipinski definition) is 3. The van der Waals surface area contributed by atoms with Crippen LogP contribution in [0, 0.1) is 0 Å². The zero-order chi connectivity index (χ0) is 16.9. The Balaban J connectivity index is 1.73. The second kappa shape index (κ2) is 7.29. The lowest BCUT2D eigenvalue weighted by molar-refractivity contribution is 0.0952. The summed E-state index contributed by atoms with van der Waals surface area (Å²) in [6, 6.07) is 16.7. The largest absolute Gasteiger partial charge is 0.350 e. The normalized spacial score (nSPS) is 11.9. The van der Waals surface area contributed by atoms with E-state index in [4.69, 9.17) is 17.3 Å². The lowest BCUT2D eigenvalue weighted by Gasteiger charge is -2.13. The Kier molecular flexibility index (Phi) is 4.93. The Bertz CT molecular complexity index is 832. The number of halogens is 1. The molecule has 6 heteroatoms. The van der Waals surface area contributed by atoms with Crippen LogP contribution >= 0.6 is 11.6 Å². The summed E-state index contributed by atoms with van der Waals surface area (Å²) in [7, 11) is 0. The van der Waals surface area contributed by atoms with E-state index in [9.17, 15) is 4.79 Å². The molecule has 0 saturated heterocycles. The Labute approximate surface area is 144 Å². The van der Waals surface area contributed by atoms with Gasteiger partial charge in [-0.3, -0.25) is 9.89 Å². The van der Waals surface area contributed by atoms with Crippen LogP contribution in [0.25, 0.3) is 11.3 Å². The number of nitrogens with one attached hydrogen (secondary N) is 2. The molecular formula is C18H17ClN4O. The van der Waals surface area contributed by atoms with Gasteiger partial charge < -0.3 is 11.1 Å². The third-order valence-electron chi connectivity index (χ3n) is 3.74. The number of H-pyrrole nitrogens is 1. The lowest BCUT2D eigenvalue weighted by Crippen LogP contribution is -2.32. The molecule has 1 atom stereocenters. The summed E-state index contributed by atoms with van der Waals surface area (Å²) in [5.74, 6) is -0.245. The summed E-state index contributed by atoms with van der Waals surface area (Å²) < 4.78 is 0. The van der Waals surface area contributed by atoms with Gasteiger partial charge in [0, 0.05) is 23.2 Å². The summed E-state index contributed by atoms with van der Waals surface area (Å²) in [6.45, 7) is 0.329. The molecule has 0 bridgehead atoms. The fourth-order valence-corrected chi connectivity index (χ4v) is 2.67. The Morgan fingerprint density at radius 2 is 1.88 bits per heavy atom. The third-order valence-corrected chi connectivity index (χ3v) is 4.07. The molecule has 3 rings (SSSR count). The number of amides is 1. The Morgan fingerprint density at radius 1 is 1.17 bits per heavy atom. The van der Waals surface area contributed by atoms with E-state index in [0.717, 1.165) is 11.1 Å². The van der Waals surface area contributed by atoms with Gasteiger partial charge in [0.05, 0.1) is 17.5 Å². The minimum atomic E-state index is -0.272. The summed E-state index contributed by atoms with van der Waals surface area (Å²) in [5, 5.41) is 10.2. The van der Waals surface area contributed by atoms with Gasteiger partial charge in [0.2, 0.25) is 0 Å². The topological polar surface area (TPSA) is 83.8 Å². The quantitative estimate of drug-likeness (QED) is 0.667. The fourth-order valence-electron chi connectivity index (χ4n) is 2.44. The molecule has 0 radical (unpaired) electrons. The van der Waals surface area contributed by atoms with Gasteiger partial charge in [-0.1, -0.05) is 60.1 Å². The van der Waals surface area contributed by atoms with E-state index in [1.807, 2.05) is 48.5 Å². The van der Waals surface area contributed by atoms with Crippen LogP contribution in [-0.4, -0.2) is 22.6 Å². The van der Waals surface area contributed by atoms with E-state index in [1.54, 1.807) is 6.07 Å². The predicted octanol–water partition coefficient (Wildman–Crippen LogP) is 3.16. The van der Waals surface area contributed by atoms with Crippen LogP contribution in [0.15, 0.2) is 60.8 Å². The molecule has 0 fully saturated rings. The van der Waals surface area contributed by atoms with Crippen LogP contribution < -0.4 is 11.1 Å². The van der Waals surface area contributed by atoms with Crippen molar-refractivity contribution in [1.82, 2.24) is 15.5 Å². The highest BCUT2D eigenvalue weighted by atomic mass is 35.5. The second-order valence-corrected chi connectivity index (χ2v) is 5.77. The SMILES string of the molecule is N[C@H](CNC(=O)c1cn[nH]c1-c1ccccc1Cl)c1ccccc1. The maximum atomic E-state index is 12.5. The van der Waals surface area contributed by atoms with Crippen molar-refractivity contribution in [2.24, 2.45) is 5.73 Å². The van der Waals surface area contributed by atoms with E-state index < -0.39 is 0 Å². The first-order valence-electron chi connectivity index (χ1n) is 7.54. The maximum Gasteiger partial charge on any atom is 0.255 e. The van der Waals surface area contributed by atoms with Crippen molar-refractivity contribution in [1.29, 1.82) is 0 Å². The van der Waals surface area contributed by atoms with Crippen LogP contribution in [0.4, 0.5) is 0 Å². The molecule has 0 aliphatic carbocycles. The zero-order valence-electron chi connectivity index (χ0n) is 12.9. The number of nitrogens with zero attached hydrogens (tertiary/aromatic N) is 1. The minimum Gasteiger partial charge on any atom is -0.350 e. The maximum absolute atomic E-state index is 12.5. The summed E-state index contributed by atoms with van der Waals surface area (Å²) in [6.07, 6.45) is 1.49. The molecule has 0 saturated carbocycles. The monoisotopic (exact) mass is 340 g/mol. The van der Waals surface area contributed by atoms with Crippen molar-refractivity contribution in [2.45, 2.75) is 6.04 Å². The molecule has 1 amide bonds. The van der Waals surface area contributed by atoms with E-state index in [2.05, 4.69) is 15.5 Å². The van der Waals surface area contributed by atoms with Crippen molar-refractivity contribution in [3.63, 3.8) is 0 Å². The molecular weight excluding hydrogens is 324 g/mol. The average Bonchev–Trinajstić information content (AvgIpc) is 3.10. The van der Waals surface area contributed by atoms with Crippen molar-refractivity contribution < 1.29 is 4.79 Å². The van der Waals surface area contributed by atoms with Gasteiger partial charge in [0.25, 0.3) is 5.91 Å². The first-order valence-corrected chi connectivity index (χ1v) is 7.91. The molecule has 3 aromatic rings. The Morgan fingerprint density at radius 3 is 2.62 bits per heavy atom. The highest BCUT2D eigenvalue weighted by Crippen LogP contribution is 2.28. The van der Waals surface area contributed by atoms with Crippen LogP contribution in [0.1, 0.15) is 22.0 Å². The van der Waals surface area contributed by atoms with E-state index in [-0.39, 0.29) is 11.9 Å². The molecule has 4 N–H and O–H groups in total. The highest BCUT2D eigenvalue weighted by Gasteiger charge is 2.17. The van der Waals surface area contributed by atoms with Gasteiger partial charge in [-0.25, -0.2) is 0 Å². The van der Waals surface area contributed by atoms with Crippen LogP contribution in [0.5, 0.6) is 0 Å². The van der Waals surface area contributed by atoms with Gasteiger partial charge in [-0.2, -0.15) is 5.10 Å². The van der Waals surface area contributed by atoms with Crippen molar-refractivity contribution in [3.8, 4) is 11.3 Å². The van der Waals surface area contributed by atoms with Gasteiger partial charge in [0.15, 0.2) is 0 Å². The number of carbonyl (C=O) groups is 1. The lowest BCUT2D eigenvalue weighted by atomic mass is 10.1. The van der Waals surface area contributed by atoms with Gasteiger partial charge in [-0.05, 0) is 11.6 Å². The van der Waals surface area contributed by atoms with E-state index >= 15 is 0 Å². The van der Waals surface area contributed by atoms with Gasteiger partial charge in [0.1, 0.15) is 0 Å². The van der Waals surface area contributed by atoms with Crippen LogP contribution in [0.3, 0.4) is 0 Å². The number of hydrogen-bond donors (Lipinski definition) is 3. The predicted molar refractivity (Wildman–Crippen MR) is 94.7 cm³/mol. The minimum absolute atomic E-state index is 0.245.